The molecule has 1 aromatic rings. The van der Waals surface area contributed by atoms with Crippen LogP contribution in [-0.4, -0.2) is 38.9 Å². The molecule has 1 aliphatic heterocycles. The van der Waals surface area contributed by atoms with E-state index in [1.165, 1.54) is 11.8 Å². The van der Waals surface area contributed by atoms with Crippen LogP contribution in [-0.2, 0) is 4.74 Å². The molecule has 0 spiro atoms. The molecule has 102 valence electrons. The van der Waals surface area contributed by atoms with Crippen LogP contribution in [0.25, 0.3) is 0 Å². The Morgan fingerprint density at radius 1 is 1.68 bits per heavy atom. The average Bonchev–Trinajstić information content (AvgIpc) is 2.75. The first kappa shape index (κ1) is 13.8. The summed E-state index contributed by atoms with van der Waals surface area (Å²) in [5.74, 6) is -1.22. The Labute approximate surface area is 113 Å². The van der Waals surface area contributed by atoms with Gasteiger partial charge in [0.25, 0.3) is 5.69 Å². The highest BCUT2D eigenvalue weighted by molar-refractivity contribution is 8.00. The molecular formula is C11H12N2O5S. The van der Waals surface area contributed by atoms with Crippen molar-refractivity contribution in [2.75, 3.05) is 6.61 Å². The van der Waals surface area contributed by atoms with Gasteiger partial charge in [-0.05, 0) is 13.3 Å². The second-order valence-electron chi connectivity index (χ2n) is 4.13. The van der Waals surface area contributed by atoms with Gasteiger partial charge in [0, 0.05) is 17.9 Å². The summed E-state index contributed by atoms with van der Waals surface area (Å²) >= 11 is 1.30. The van der Waals surface area contributed by atoms with Gasteiger partial charge >= 0.3 is 5.97 Å². The number of nitro groups is 1. The second kappa shape index (κ2) is 5.54. The molecule has 0 aromatic carbocycles. The van der Waals surface area contributed by atoms with Crippen molar-refractivity contribution in [1.82, 2.24) is 4.98 Å². The molecule has 2 unspecified atom stereocenters. The van der Waals surface area contributed by atoms with E-state index in [9.17, 15) is 14.9 Å². The second-order valence-corrected chi connectivity index (χ2v) is 5.36. The zero-order valence-electron chi connectivity index (χ0n) is 10.1. The zero-order chi connectivity index (χ0) is 14.0. The van der Waals surface area contributed by atoms with Crippen molar-refractivity contribution >= 4 is 23.4 Å². The Bertz CT molecular complexity index is 522. The van der Waals surface area contributed by atoms with E-state index < -0.39 is 10.9 Å². The average molecular weight is 284 g/mol. The summed E-state index contributed by atoms with van der Waals surface area (Å²) < 4.78 is 5.40. The van der Waals surface area contributed by atoms with E-state index in [4.69, 9.17) is 9.84 Å². The molecular weight excluding hydrogens is 272 g/mol. The first-order chi connectivity index (χ1) is 8.99. The van der Waals surface area contributed by atoms with Crippen molar-refractivity contribution in [3.05, 3.63) is 27.9 Å². The van der Waals surface area contributed by atoms with E-state index >= 15 is 0 Å². The maximum atomic E-state index is 11.1. The Balaban J connectivity index is 2.29. The summed E-state index contributed by atoms with van der Waals surface area (Å²) in [6.45, 7) is 2.55. The molecule has 8 heteroatoms. The van der Waals surface area contributed by atoms with Gasteiger partial charge in [0.2, 0.25) is 0 Å². The Kier molecular flexibility index (Phi) is 4.01. The number of rotatable bonds is 4. The van der Waals surface area contributed by atoms with Gasteiger partial charge in [-0.15, -0.1) is 0 Å². The summed E-state index contributed by atoms with van der Waals surface area (Å²) in [5.41, 5.74) is -0.462. The minimum Gasteiger partial charge on any atom is -0.478 e. The van der Waals surface area contributed by atoms with Gasteiger partial charge in [-0.1, -0.05) is 11.8 Å². The molecule has 2 atom stereocenters. The molecule has 0 amide bonds. The molecule has 1 aliphatic rings. The van der Waals surface area contributed by atoms with Crippen LogP contribution in [0.3, 0.4) is 0 Å². The molecule has 1 N–H and O–H groups in total. The van der Waals surface area contributed by atoms with Gasteiger partial charge in [0.15, 0.2) is 0 Å². The van der Waals surface area contributed by atoms with E-state index in [0.29, 0.717) is 11.6 Å². The number of hydrogen-bond acceptors (Lipinski definition) is 6. The standard InChI is InChI=1S/C11H12N2O5S/c1-6-9(2-3-18-6)19-10-8(11(14)15)4-7(5-12-10)13(16)17/h4-6,9H,2-3H2,1H3,(H,14,15). The molecule has 0 aliphatic carbocycles. The normalized spacial score (nSPS) is 22.4. The molecule has 19 heavy (non-hydrogen) atoms. The fourth-order valence-corrected chi connectivity index (χ4v) is 2.96. The summed E-state index contributed by atoms with van der Waals surface area (Å²) in [6.07, 6.45) is 1.90. The molecule has 0 radical (unpaired) electrons. The number of pyridine rings is 1. The predicted molar refractivity (Wildman–Crippen MR) is 67.5 cm³/mol. The van der Waals surface area contributed by atoms with Crippen LogP contribution in [0.1, 0.15) is 23.7 Å². The minimum absolute atomic E-state index is 0.0173. The van der Waals surface area contributed by atoms with Crippen molar-refractivity contribution in [2.45, 2.75) is 29.7 Å². The fourth-order valence-electron chi connectivity index (χ4n) is 1.80. The van der Waals surface area contributed by atoms with E-state index in [0.717, 1.165) is 18.7 Å². The van der Waals surface area contributed by atoms with Crippen molar-refractivity contribution in [3.8, 4) is 0 Å². The van der Waals surface area contributed by atoms with Crippen molar-refractivity contribution < 1.29 is 19.6 Å². The van der Waals surface area contributed by atoms with Gasteiger partial charge < -0.3 is 9.84 Å². The van der Waals surface area contributed by atoms with E-state index in [1.807, 2.05) is 6.92 Å². The fraction of sp³-hybridized carbons (Fsp3) is 0.455. The number of carboxylic acid groups (broad SMARTS) is 1. The molecule has 0 bridgehead atoms. The highest BCUT2D eigenvalue weighted by Crippen LogP contribution is 2.34. The first-order valence-corrected chi connectivity index (χ1v) is 6.53. The molecule has 1 aromatic heterocycles. The smallest absolute Gasteiger partial charge is 0.338 e. The maximum Gasteiger partial charge on any atom is 0.338 e. The SMILES string of the molecule is CC1OCCC1Sc1ncc([N+](=O)[O-])cc1C(=O)O. The summed E-state index contributed by atoms with van der Waals surface area (Å²) in [4.78, 5) is 25.0. The topological polar surface area (TPSA) is 103 Å². The van der Waals surface area contributed by atoms with Gasteiger partial charge in [0.1, 0.15) is 11.2 Å². The lowest BCUT2D eigenvalue weighted by Crippen LogP contribution is -2.14. The van der Waals surface area contributed by atoms with Gasteiger partial charge in [-0.2, -0.15) is 0 Å². The molecule has 0 saturated carbocycles. The van der Waals surface area contributed by atoms with Gasteiger partial charge in [-0.25, -0.2) is 9.78 Å². The monoisotopic (exact) mass is 284 g/mol. The zero-order valence-corrected chi connectivity index (χ0v) is 10.9. The largest absolute Gasteiger partial charge is 0.478 e. The van der Waals surface area contributed by atoms with Crippen LogP contribution in [0.2, 0.25) is 0 Å². The van der Waals surface area contributed by atoms with Crippen molar-refractivity contribution in [2.24, 2.45) is 0 Å². The number of carbonyl (C=O) groups is 1. The number of thioether (sulfide) groups is 1. The summed E-state index contributed by atoms with van der Waals surface area (Å²) in [6, 6.07) is 1.04. The molecule has 7 nitrogen and oxygen atoms in total. The summed E-state index contributed by atoms with van der Waals surface area (Å²) in [7, 11) is 0. The highest BCUT2D eigenvalue weighted by atomic mass is 32.2. The van der Waals surface area contributed by atoms with E-state index in [-0.39, 0.29) is 22.6 Å². The third-order valence-corrected chi connectivity index (χ3v) is 4.32. The van der Waals surface area contributed by atoms with Crippen LogP contribution in [0.5, 0.6) is 0 Å². The summed E-state index contributed by atoms with van der Waals surface area (Å²) in [5, 5.41) is 20.1. The number of aromatic carboxylic acids is 1. The highest BCUT2D eigenvalue weighted by Gasteiger charge is 2.28. The van der Waals surface area contributed by atoms with Crippen LogP contribution in [0.4, 0.5) is 5.69 Å². The van der Waals surface area contributed by atoms with Gasteiger partial charge in [-0.3, -0.25) is 10.1 Å². The lowest BCUT2D eigenvalue weighted by atomic mass is 10.2. The Morgan fingerprint density at radius 3 is 2.95 bits per heavy atom. The first-order valence-electron chi connectivity index (χ1n) is 5.65. The number of ether oxygens (including phenoxy) is 1. The number of nitrogens with zero attached hydrogens (tertiary/aromatic N) is 2. The Morgan fingerprint density at radius 2 is 2.42 bits per heavy atom. The third kappa shape index (κ3) is 3.02. The minimum atomic E-state index is -1.22. The quantitative estimate of drug-likeness (QED) is 0.665. The lowest BCUT2D eigenvalue weighted by molar-refractivity contribution is -0.385. The number of carboxylic acids is 1. The Hall–Kier alpha value is -1.67. The van der Waals surface area contributed by atoms with E-state index in [1.54, 1.807) is 0 Å². The maximum absolute atomic E-state index is 11.1. The number of hydrogen-bond donors (Lipinski definition) is 1. The molecule has 2 rings (SSSR count). The predicted octanol–water partition coefficient (Wildman–Crippen LogP) is 1.96. The van der Waals surface area contributed by atoms with Crippen molar-refractivity contribution in [1.29, 1.82) is 0 Å². The van der Waals surface area contributed by atoms with Crippen LogP contribution < -0.4 is 0 Å². The lowest BCUT2D eigenvalue weighted by Gasteiger charge is -2.13. The molecule has 2 heterocycles. The molecule has 1 saturated heterocycles. The third-order valence-electron chi connectivity index (χ3n) is 2.85. The van der Waals surface area contributed by atoms with Crippen molar-refractivity contribution in [3.63, 3.8) is 0 Å². The molecule has 1 fully saturated rings. The van der Waals surface area contributed by atoms with Crippen LogP contribution in [0, 0.1) is 10.1 Å². The van der Waals surface area contributed by atoms with Gasteiger partial charge in [0.05, 0.1) is 16.6 Å². The number of aromatic nitrogens is 1. The van der Waals surface area contributed by atoms with E-state index in [2.05, 4.69) is 4.98 Å². The van der Waals surface area contributed by atoms with Crippen LogP contribution in [0.15, 0.2) is 17.3 Å². The van der Waals surface area contributed by atoms with Crippen LogP contribution >= 0.6 is 11.8 Å².